The molecule has 0 fully saturated rings. The van der Waals surface area contributed by atoms with Crippen LogP contribution in [0.1, 0.15) is 45.9 Å². The van der Waals surface area contributed by atoms with Crippen LogP contribution in [0.4, 0.5) is 0 Å². The second-order valence-corrected chi connectivity index (χ2v) is 6.69. The van der Waals surface area contributed by atoms with Crippen LogP contribution in [0.25, 0.3) is 0 Å². The summed E-state index contributed by atoms with van der Waals surface area (Å²) >= 11 is 1.44. The maximum Gasteiger partial charge on any atom is 0.263 e. The number of nitrogens with one attached hydrogen (secondary N) is 1. The van der Waals surface area contributed by atoms with E-state index < -0.39 is 0 Å². The van der Waals surface area contributed by atoms with E-state index in [0.717, 1.165) is 16.5 Å². The lowest BCUT2D eigenvalue weighted by atomic mass is 10.1. The number of nitrogens with zero attached hydrogens (tertiary/aromatic N) is 1. The van der Waals surface area contributed by atoms with Crippen LogP contribution in [-0.4, -0.2) is 29.1 Å². The van der Waals surface area contributed by atoms with E-state index in [4.69, 9.17) is 4.42 Å². The first-order valence-corrected chi connectivity index (χ1v) is 8.21. The molecule has 22 heavy (non-hydrogen) atoms. The Morgan fingerprint density at radius 2 is 2.27 bits per heavy atom. The number of amides is 1. The Labute approximate surface area is 134 Å². The minimum Gasteiger partial charge on any atom is -0.469 e. The molecule has 2 aromatic heterocycles. The van der Waals surface area contributed by atoms with Gasteiger partial charge >= 0.3 is 0 Å². The van der Waals surface area contributed by atoms with Gasteiger partial charge in [-0.05, 0) is 19.1 Å². The highest BCUT2D eigenvalue weighted by atomic mass is 32.1. The number of aliphatic hydroxyl groups excluding tert-OH is 1. The second kappa shape index (κ2) is 7.56. The number of hydrogen-bond acceptors (Lipinski definition) is 5. The number of carbonyl (C=O) groups excluding carboxylic acids is 1. The number of aromatic nitrogens is 1. The minimum absolute atomic E-state index is 0.000102. The van der Waals surface area contributed by atoms with Gasteiger partial charge in [0.25, 0.3) is 5.91 Å². The normalized spacial score (nSPS) is 12.6. The molecule has 2 N–H and O–H groups in total. The van der Waals surface area contributed by atoms with Gasteiger partial charge in [-0.25, -0.2) is 4.98 Å². The summed E-state index contributed by atoms with van der Waals surface area (Å²) in [6, 6.07) is 3.68. The zero-order valence-electron chi connectivity index (χ0n) is 13.1. The molecule has 0 aromatic carbocycles. The number of hydrogen-bond donors (Lipinski definition) is 2. The fraction of sp³-hybridized carbons (Fsp3) is 0.500. The molecule has 0 saturated heterocycles. The Kier molecular flexibility index (Phi) is 5.74. The Bertz CT molecular complexity index is 605. The summed E-state index contributed by atoms with van der Waals surface area (Å²) in [7, 11) is 0. The van der Waals surface area contributed by atoms with E-state index in [1.165, 1.54) is 11.3 Å². The lowest BCUT2D eigenvalue weighted by Crippen LogP contribution is -2.31. The SMILES string of the molecule is Cc1nc(C(C)C)sc1C(=O)NC[C@H](CO)Cc1ccco1. The second-order valence-electron chi connectivity index (χ2n) is 5.66. The number of aryl methyl sites for hydroxylation is 1. The third-order valence-electron chi connectivity index (χ3n) is 3.39. The van der Waals surface area contributed by atoms with Crippen LogP contribution in [-0.2, 0) is 6.42 Å². The quantitative estimate of drug-likeness (QED) is 0.822. The van der Waals surface area contributed by atoms with Gasteiger partial charge in [0.1, 0.15) is 10.6 Å². The molecule has 0 aliphatic carbocycles. The molecule has 0 aliphatic rings. The summed E-state index contributed by atoms with van der Waals surface area (Å²) in [5, 5.41) is 13.3. The number of rotatable bonds is 7. The first-order valence-electron chi connectivity index (χ1n) is 7.40. The van der Waals surface area contributed by atoms with E-state index in [2.05, 4.69) is 24.1 Å². The van der Waals surface area contributed by atoms with Gasteiger partial charge in [0.05, 0.1) is 17.0 Å². The number of carbonyl (C=O) groups is 1. The van der Waals surface area contributed by atoms with Gasteiger partial charge < -0.3 is 14.8 Å². The Hall–Kier alpha value is -1.66. The van der Waals surface area contributed by atoms with Crippen molar-refractivity contribution >= 4 is 17.2 Å². The average Bonchev–Trinajstić information content (AvgIpc) is 3.12. The van der Waals surface area contributed by atoms with Crippen LogP contribution in [0.15, 0.2) is 22.8 Å². The Morgan fingerprint density at radius 3 is 2.82 bits per heavy atom. The zero-order valence-corrected chi connectivity index (χ0v) is 13.9. The third kappa shape index (κ3) is 4.18. The fourth-order valence-corrected chi connectivity index (χ4v) is 3.09. The summed E-state index contributed by atoms with van der Waals surface area (Å²) in [4.78, 5) is 17.4. The van der Waals surface area contributed by atoms with Crippen LogP contribution in [0.5, 0.6) is 0 Å². The van der Waals surface area contributed by atoms with Gasteiger partial charge in [-0.15, -0.1) is 11.3 Å². The first-order chi connectivity index (χ1) is 10.5. The molecule has 120 valence electrons. The van der Waals surface area contributed by atoms with Crippen molar-refractivity contribution in [2.24, 2.45) is 5.92 Å². The molecule has 1 atom stereocenters. The van der Waals surface area contributed by atoms with E-state index in [0.29, 0.717) is 23.8 Å². The standard InChI is InChI=1S/C16H22N2O3S/c1-10(2)16-18-11(3)14(22-16)15(20)17-8-12(9-19)7-13-5-4-6-21-13/h4-6,10,12,19H,7-9H2,1-3H3,(H,17,20)/t12-/m1/s1. The topological polar surface area (TPSA) is 75.4 Å². The maximum absolute atomic E-state index is 12.3. The van der Waals surface area contributed by atoms with E-state index in [1.54, 1.807) is 6.26 Å². The summed E-state index contributed by atoms with van der Waals surface area (Å²) in [5.41, 5.74) is 0.762. The average molecular weight is 322 g/mol. The van der Waals surface area contributed by atoms with Crippen LogP contribution < -0.4 is 5.32 Å². The molecule has 0 unspecified atom stereocenters. The van der Waals surface area contributed by atoms with Gasteiger partial charge in [-0.2, -0.15) is 0 Å². The van der Waals surface area contributed by atoms with Crippen LogP contribution in [0, 0.1) is 12.8 Å². The molecule has 1 amide bonds. The Morgan fingerprint density at radius 1 is 1.50 bits per heavy atom. The third-order valence-corrected chi connectivity index (χ3v) is 4.85. The van der Waals surface area contributed by atoms with E-state index in [-0.39, 0.29) is 18.4 Å². The zero-order chi connectivity index (χ0) is 16.1. The first kappa shape index (κ1) is 16.7. The lowest BCUT2D eigenvalue weighted by molar-refractivity contribution is 0.0942. The number of aliphatic hydroxyl groups is 1. The van der Waals surface area contributed by atoms with Crippen LogP contribution >= 0.6 is 11.3 Å². The van der Waals surface area contributed by atoms with Crippen LogP contribution in [0.2, 0.25) is 0 Å². The number of furan rings is 1. The molecule has 0 aliphatic heterocycles. The summed E-state index contributed by atoms with van der Waals surface area (Å²) in [6.45, 7) is 6.38. The molecule has 0 radical (unpaired) electrons. The molecular weight excluding hydrogens is 300 g/mol. The van der Waals surface area contributed by atoms with E-state index in [9.17, 15) is 9.90 Å². The maximum atomic E-state index is 12.3. The molecule has 6 heteroatoms. The van der Waals surface area contributed by atoms with Gasteiger partial charge in [0, 0.05) is 31.4 Å². The van der Waals surface area contributed by atoms with Crippen molar-refractivity contribution in [3.8, 4) is 0 Å². The Balaban J connectivity index is 1.93. The molecule has 0 spiro atoms. The van der Waals surface area contributed by atoms with Crippen molar-refractivity contribution in [3.05, 3.63) is 39.7 Å². The summed E-state index contributed by atoms with van der Waals surface area (Å²) in [5.74, 6) is 0.937. The summed E-state index contributed by atoms with van der Waals surface area (Å²) in [6.07, 6.45) is 2.21. The molecule has 0 saturated carbocycles. The largest absolute Gasteiger partial charge is 0.469 e. The fourth-order valence-electron chi connectivity index (χ4n) is 2.11. The highest BCUT2D eigenvalue weighted by Gasteiger charge is 2.18. The van der Waals surface area contributed by atoms with E-state index in [1.807, 2.05) is 19.1 Å². The van der Waals surface area contributed by atoms with Crippen molar-refractivity contribution in [3.63, 3.8) is 0 Å². The summed E-state index contributed by atoms with van der Waals surface area (Å²) < 4.78 is 5.27. The molecule has 5 nitrogen and oxygen atoms in total. The van der Waals surface area contributed by atoms with Crippen molar-refractivity contribution in [1.82, 2.24) is 10.3 Å². The predicted octanol–water partition coefficient (Wildman–Crippen LogP) is 2.75. The van der Waals surface area contributed by atoms with Crippen molar-refractivity contribution < 1.29 is 14.3 Å². The monoisotopic (exact) mass is 322 g/mol. The van der Waals surface area contributed by atoms with Gasteiger partial charge in [0.2, 0.25) is 0 Å². The highest BCUT2D eigenvalue weighted by Crippen LogP contribution is 2.24. The lowest BCUT2D eigenvalue weighted by Gasteiger charge is -2.13. The molecule has 2 heterocycles. The molecular formula is C16H22N2O3S. The van der Waals surface area contributed by atoms with Crippen LogP contribution in [0.3, 0.4) is 0 Å². The molecule has 2 aromatic rings. The van der Waals surface area contributed by atoms with Crippen molar-refractivity contribution in [1.29, 1.82) is 0 Å². The van der Waals surface area contributed by atoms with Gasteiger partial charge in [-0.1, -0.05) is 13.8 Å². The number of thiazole rings is 1. The van der Waals surface area contributed by atoms with E-state index >= 15 is 0 Å². The highest BCUT2D eigenvalue weighted by molar-refractivity contribution is 7.13. The molecule has 2 rings (SSSR count). The van der Waals surface area contributed by atoms with Crippen molar-refractivity contribution in [2.45, 2.75) is 33.1 Å². The van der Waals surface area contributed by atoms with Crippen molar-refractivity contribution in [2.75, 3.05) is 13.2 Å². The van der Waals surface area contributed by atoms with Gasteiger partial charge in [0.15, 0.2) is 0 Å². The minimum atomic E-state index is -0.125. The van der Waals surface area contributed by atoms with Gasteiger partial charge in [-0.3, -0.25) is 4.79 Å². The predicted molar refractivity (Wildman–Crippen MR) is 86.3 cm³/mol. The smallest absolute Gasteiger partial charge is 0.263 e. The molecule has 0 bridgehead atoms.